The van der Waals surface area contributed by atoms with Crippen LogP contribution in [0.15, 0.2) is 53.4 Å². The van der Waals surface area contributed by atoms with Gasteiger partial charge in [-0.1, -0.05) is 36.4 Å². The van der Waals surface area contributed by atoms with E-state index in [0.29, 0.717) is 28.6 Å². The van der Waals surface area contributed by atoms with Crippen molar-refractivity contribution in [1.29, 1.82) is 0 Å². The van der Waals surface area contributed by atoms with E-state index in [1.165, 1.54) is 11.8 Å². The molecule has 0 radical (unpaired) electrons. The molecule has 0 aromatic heterocycles. The van der Waals surface area contributed by atoms with Crippen molar-refractivity contribution in [2.24, 2.45) is 0 Å². The number of ether oxygens (including phenoxy) is 2. The van der Waals surface area contributed by atoms with Gasteiger partial charge in [-0.3, -0.25) is 19.3 Å². The fourth-order valence-corrected chi connectivity index (χ4v) is 3.51. The molecule has 0 N–H and O–H groups in total. The second-order valence-electron chi connectivity index (χ2n) is 5.99. The molecule has 1 heterocycles. The van der Waals surface area contributed by atoms with E-state index in [9.17, 15) is 14.4 Å². The number of carbonyl (C=O) groups excluding carboxylic acids is 3. The predicted octanol–water partition coefficient (Wildman–Crippen LogP) is 4.25. The Hall–Kier alpha value is -3.06. The van der Waals surface area contributed by atoms with Crippen LogP contribution in [0.3, 0.4) is 0 Å². The second kappa shape index (κ2) is 8.75. The topological polar surface area (TPSA) is 72.9 Å². The summed E-state index contributed by atoms with van der Waals surface area (Å²) in [6, 6.07) is 14.3. The number of esters is 1. The maximum Gasteiger partial charge on any atom is 0.308 e. The van der Waals surface area contributed by atoms with Gasteiger partial charge in [0.15, 0.2) is 11.5 Å². The summed E-state index contributed by atoms with van der Waals surface area (Å²) in [5.74, 6) is -0.0738. The Balaban J connectivity index is 1.83. The Morgan fingerprint density at radius 1 is 1.11 bits per heavy atom. The largest absolute Gasteiger partial charge is 0.490 e. The van der Waals surface area contributed by atoms with Crippen molar-refractivity contribution in [3.05, 3.63) is 64.6 Å². The number of benzene rings is 2. The molecule has 7 heteroatoms. The van der Waals surface area contributed by atoms with Gasteiger partial charge in [0.05, 0.1) is 18.1 Å². The fraction of sp³-hybridized carbons (Fsp3) is 0.190. The van der Waals surface area contributed by atoms with Crippen LogP contribution < -0.4 is 9.47 Å². The van der Waals surface area contributed by atoms with Crippen LogP contribution in [0.1, 0.15) is 25.0 Å². The lowest BCUT2D eigenvalue weighted by molar-refractivity contribution is -0.132. The van der Waals surface area contributed by atoms with Gasteiger partial charge in [0.1, 0.15) is 0 Å². The quantitative estimate of drug-likeness (QED) is 0.412. The van der Waals surface area contributed by atoms with E-state index in [2.05, 4.69) is 0 Å². The average Bonchev–Trinajstić information content (AvgIpc) is 2.92. The summed E-state index contributed by atoms with van der Waals surface area (Å²) in [4.78, 5) is 37.7. The van der Waals surface area contributed by atoms with Gasteiger partial charge in [-0.15, -0.1) is 0 Å². The van der Waals surface area contributed by atoms with E-state index >= 15 is 0 Å². The van der Waals surface area contributed by atoms with E-state index < -0.39 is 5.97 Å². The summed E-state index contributed by atoms with van der Waals surface area (Å²) < 4.78 is 10.6. The van der Waals surface area contributed by atoms with E-state index in [0.717, 1.165) is 17.3 Å². The molecule has 0 spiro atoms. The minimum Gasteiger partial charge on any atom is -0.490 e. The van der Waals surface area contributed by atoms with Gasteiger partial charge >= 0.3 is 5.97 Å². The molecule has 3 rings (SSSR count). The molecule has 28 heavy (non-hydrogen) atoms. The normalized spacial score (nSPS) is 15.2. The number of carbonyl (C=O) groups is 3. The first-order valence-corrected chi connectivity index (χ1v) is 9.54. The maximum atomic E-state index is 12.7. The molecule has 0 saturated carbocycles. The molecule has 144 valence electrons. The number of thioether (sulfide) groups is 1. The highest BCUT2D eigenvalue weighted by Crippen LogP contribution is 2.35. The van der Waals surface area contributed by atoms with Crippen LogP contribution in [0, 0.1) is 0 Å². The van der Waals surface area contributed by atoms with Crippen LogP contribution in [0.4, 0.5) is 4.79 Å². The molecule has 0 unspecified atom stereocenters. The summed E-state index contributed by atoms with van der Waals surface area (Å²) in [5, 5.41) is -0.304. The third-order valence-corrected chi connectivity index (χ3v) is 4.78. The van der Waals surface area contributed by atoms with Crippen LogP contribution in [0.25, 0.3) is 6.08 Å². The number of hydrogen-bond acceptors (Lipinski definition) is 6. The van der Waals surface area contributed by atoms with E-state index in [1.807, 2.05) is 37.3 Å². The van der Waals surface area contributed by atoms with Crippen molar-refractivity contribution in [2.45, 2.75) is 20.4 Å². The van der Waals surface area contributed by atoms with Crippen LogP contribution in [-0.4, -0.2) is 28.6 Å². The van der Waals surface area contributed by atoms with Crippen LogP contribution in [-0.2, 0) is 16.1 Å². The number of amides is 2. The van der Waals surface area contributed by atoms with Crippen LogP contribution >= 0.6 is 11.8 Å². The lowest BCUT2D eigenvalue weighted by Gasteiger charge is -2.12. The number of rotatable bonds is 6. The minimum absolute atomic E-state index is 0.235. The minimum atomic E-state index is -0.448. The molecule has 2 amide bonds. The third-order valence-electron chi connectivity index (χ3n) is 3.88. The first-order valence-electron chi connectivity index (χ1n) is 8.72. The first-order chi connectivity index (χ1) is 13.5. The molecule has 0 bridgehead atoms. The summed E-state index contributed by atoms with van der Waals surface area (Å²) >= 11 is 0.902. The summed E-state index contributed by atoms with van der Waals surface area (Å²) in [7, 11) is 0. The van der Waals surface area contributed by atoms with Gasteiger partial charge in [0, 0.05) is 6.92 Å². The van der Waals surface area contributed by atoms with Crippen LogP contribution in [0.2, 0.25) is 0 Å². The number of hydrogen-bond donors (Lipinski definition) is 0. The van der Waals surface area contributed by atoms with Gasteiger partial charge in [0.25, 0.3) is 11.1 Å². The zero-order valence-corrected chi connectivity index (χ0v) is 16.3. The van der Waals surface area contributed by atoms with E-state index in [1.54, 1.807) is 24.3 Å². The SMILES string of the molecule is CCOc1cc(/C=C2/SC(=O)N(Cc3ccccc3)C2=O)ccc1OC(C)=O. The zero-order chi connectivity index (χ0) is 20.1. The number of nitrogens with zero attached hydrogens (tertiary/aromatic N) is 1. The molecular weight excluding hydrogens is 378 g/mol. The molecule has 6 nitrogen and oxygen atoms in total. The molecular formula is C21H19NO5S. The van der Waals surface area contributed by atoms with Crippen molar-refractivity contribution in [1.82, 2.24) is 4.90 Å². The Kier molecular flexibility index (Phi) is 6.16. The van der Waals surface area contributed by atoms with Crippen molar-refractivity contribution in [3.63, 3.8) is 0 Å². The van der Waals surface area contributed by atoms with Gasteiger partial charge in [0.2, 0.25) is 0 Å². The molecule has 2 aromatic carbocycles. The van der Waals surface area contributed by atoms with Gasteiger partial charge in [-0.05, 0) is 48.0 Å². The zero-order valence-electron chi connectivity index (χ0n) is 15.5. The van der Waals surface area contributed by atoms with Crippen molar-refractivity contribution < 1.29 is 23.9 Å². The van der Waals surface area contributed by atoms with E-state index in [-0.39, 0.29) is 17.7 Å². The van der Waals surface area contributed by atoms with Crippen LogP contribution in [0.5, 0.6) is 11.5 Å². The lowest BCUT2D eigenvalue weighted by atomic mass is 10.1. The van der Waals surface area contributed by atoms with Crippen molar-refractivity contribution in [2.75, 3.05) is 6.61 Å². The summed E-state index contributed by atoms with van der Waals surface area (Å²) in [6.07, 6.45) is 1.63. The standard InChI is InChI=1S/C21H19NO5S/c1-3-26-18-11-16(9-10-17(18)27-14(2)23)12-19-20(24)22(21(25)28-19)13-15-7-5-4-6-8-15/h4-12H,3,13H2,1-2H3/b19-12+. The van der Waals surface area contributed by atoms with Gasteiger partial charge < -0.3 is 9.47 Å². The monoisotopic (exact) mass is 397 g/mol. The molecule has 2 aromatic rings. The Morgan fingerprint density at radius 2 is 1.86 bits per heavy atom. The number of imide groups is 1. The summed E-state index contributed by atoms with van der Waals surface area (Å²) in [5.41, 5.74) is 1.56. The predicted molar refractivity (Wildman–Crippen MR) is 107 cm³/mol. The fourth-order valence-electron chi connectivity index (χ4n) is 2.68. The highest BCUT2D eigenvalue weighted by molar-refractivity contribution is 8.18. The van der Waals surface area contributed by atoms with Gasteiger partial charge in [-0.25, -0.2) is 0 Å². The highest BCUT2D eigenvalue weighted by Gasteiger charge is 2.35. The molecule has 0 aliphatic carbocycles. The smallest absolute Gasteiger partial charge is 0.308 e. The maximum absolute atomic E-state index is 12.7. The average molecular weight is 397 g/mol. The molecule has 1 aliphatic heterocycles. The Labute approximate surface area is 167 Å². The summed E-state index contributed by atoms with van der Waals surface area (Å²) in [6.45, 7) is 3.76. The third kappa shape index (κ3) is 4.61. The Bertz CT molecular complexity index is 939. The lowest BCUT2D eigenvalue weighted by Crippen LogP contribution is -2.27. The van der Waals surface area contributed by atoms with Crippen molar-refractivity contribution in [3.8, 4) is 11.5 Å². The van der Waals surface area contributed by atoms with Crippen molar-refractivity contribution >= 4 is 35.0 Å². The van der Waals surface area contributed by atoms with Gasteiger partial charge in [-0.2, -0.15) is 0 Å². The molecule has 1 aliphatic rings. The van der Waals surface area contributed by atoms with E-state index in [4.69, 9.17) is 9.47 Å². The molecule has 1 saturated heterocycles. The molecule has 1 fully saturated rings. The molecule has 0 atom stereocenters. The second-order valence-corrected chi connectivity index (χ2v) is 6.98. The highest BCUT2D eigenvalue weighted by atomic mass is 32.2. The Morgan fingerprint density at radius 3 is 2.54 bits per heavy atom. The first kappa shape index (κ1) is 19.7.